The SMILES string of the molecule is CCOC(=O)C1C/C1=C/C(C(O)CCc1ccc(OC(=O)c2ccccc2)c(OC)c1)S(=O)(=O)c1ccc(C)cc1. The summed E-state index contributed by atoms with van der Waals surface area (Å²) in [6, 6.07) is 20.1. The highest BCUT2D eigenvalue weighted by molar-refractivity contribution is 7.92. The third-order valence-corrected chi connectivity index (χ3v) is 9.03. The fourth-order valence-corrected chi connectivity index (χ4v) is 6.24. The number of aliphatic hydroxyl groups excluding tert-OH is 1. The molecule has 1 saturated carbocycles. The van der Waals surface area contributed by atoms with Crippen LogP contribution in [0.15, 0.2) is 89.3 Å². The van der Waals surface area contributed by atoms with Crippen LogP contribution in [0.5, 0.6) is 11.5 Å². The number of ether oxygens (including phenoxy) is 3. The number of methoxy groups -OCH3 is 1. The van der Waals surface area contributed by atoms with E-state index in [1.54, 1.807) is 67.6 Å². The van der Waals surface area contributed by atoms with Crippen molar-refractivity contribution in [1.29, 1.82) is 0 Å². The van der Waals surface area contributed by atoms with Gasteiger partial charge in [0, 0.05) is 0 Å². The number of rotatable bonds is 12. The zero-order valence-corrected chi connectivity index (χ0v) is 24.1. The Kier molecular flexibility index (Phi) is 9.62. The minimum atomic E-state index is -3.96. The fourth-order valence-electron chi connectivity index (χ4n) is 4.51. The number of carbonyl (C=O) groups is 2. The number of sulfone groups is 1. The molecule has 0 saturated heterocycles. The number of esters is 2. The third-order valence-electron chi connectivity index (χ3n) is 6.93. The van der Waals surface area contributed by atoms with Gasteiger partial charge < -0.3 is 19.3 Å². The second-order valence-corrected chi connectivity index (χ2v) is 12.0. The van der Waals surface area contributed by atoms with E-state index in [1.807, 2.05) is 6.92 Å². The lowest BCUT2D eigenvalue weighted by molar-refractivity contribution is -0.144. The van der Waals surface area contributed by atoms with E-state index in [1.165, 1.54) is 25.3 Å². The molecule has 1 aliphatic rings. The summed E-state index contributed by atoms with van der Waals surface area (Å²) in [5.74, 6) is -0.810. The van der Waals surface area contributed by atoms with E-state index in [9.17, 15) is 23.1 Å². The maximum atomic E-state index is 13.6. The normalized spacial score (nSPS) is 17.0. The minimum Gasteiger partial charge on any atom is -0.493 e. The zero-order valence-electron chi connectivity index (χ0n) is 23.3. The largest absolute Gasteiger partial charge is 0.493 e. The smallest absolute Gasteiger partial charge is 0.343 e. The summed E-state index contributed by atoms with van der Waals surface area (Å²) in [4.78, 5) is 24.7. The van der Waals surface area contributed by atoms with Crippen LogP contribution in [-0.2, 0) is 25.8 Å². The second-order valence-electron chi connectivity index (χ2n) is 9.92. The van der Waals surface area contributed by atoms with E-state index in [0.29, 0.717) is 29.7 Å². The van der Waals surface area contributed by atoms with Crippen molar-refractivity contribution >= 4 is 21.8 Å². The molecule has 216 valence electrons. The summed E-state index contributed by atoms with van der Waals surface area (Å²) >= 11 is 0. The van der Waals surface area contributed by atoms with Crippen LogP contribution in [0.3, 0.4) is 0 Å². The Morgan fingerprint density at radius 3 is 2.39 bits per heavy atom. The standard InChI is InChI=1S/C32H34O8S/c1-4-39-32(35)26-19-24(26)20-30(41(36,37)25-14-10-21(2)11-15-25)27(33)16-12-22-13-17-28(29(18-22)38-3)40-31(34)23-8-6-5-7-9-23/h5-11,13-15,17-18,20,26-27,30,33H,4,12,16,19H2,1-3H3/b24-20-. The van der Waals surface area contributed by atoms with Gasteiger partial charge in [-0.2, -0.15) is 0 Å². The summed E-state index contributed by atoms with van der Waals surface area (Å²) in [7, 11) is -2.50. The van der Waals surface area contributed by atoms with E-state index >= 15 is 0 Å². The second kappa shape index (κ2) is 13.1. The van der Waals surface area contributed by atoms with Gasteiger partial charge in [-0.1, -0.05) is 53.6 Å². The first-order valence-corrected chi connectivity index (χ1v) is 15.0. The molecule has 3 aromatic carbocycles. The zero-order chi connectivity index (χ0) is 29.6. The molecule has 0 aliphatic heterocycles. The lowest BCUT2D eigenvalue weighted by Crippen LogP contribution is -2.33. The number of aliphatic hydroxyl groups is 1. The molecule has 1 N–H and O–H groups in total. The Balaban J connectivity index is 1.51. The number of carbonyl (C=O) groups excluding carboxylic acids is 2. The van der Waals surface area contributed by atoms with Gasteiger partial charge in [-0.15, -0.1) is 0 Å². The predicted octanol–water partition coefficient (Wildman–Crippen LogP) is 4.87. The molecule has 0 heterocycles. The third kappa shape index (κ3) is 7.42. The molecule has 0 aromatic heterocycles. The molecule has 0 spiro atoms. The van der Waals surface area contributed by atoms with Gasteiger partial charge in [-0.05, 0) is 75.1 Å². The van der Waals surface area contributed by atoms with Gasteiger partial charge in [0.15, 0.2) is 21.3 Å². The van der Waals surface area contributed by atoms with Gasteiger partial charge >= 0.3 is 11.9 Å². The van der Waals surface area contributed by atoms with E-state index in [-0.39, 0.29) is 29.6 Å². The molecule has 1 aliphatic carbocycles. The maximum Gasteiger partial charge on any atom is 0.343 e. The van der Waals surface area contributed by atoms with Gasteiger partial charge in [0.05, 0.1) is 36.2 Å². The summed E-state index contributed by atoms with van der Waals surface area (Å²) < 4.78 is 43.3. The van der Waals surface area contributed by atoms with Crippen molar-refractivity contribution in [3.05, 3.63) is 101 Å². The lowest BCUT2D eigenvalue weighted by Gasteiger charge is -2.21. The van der Waals surface area contributed by atoms with E-state index < -0.39 is 33.1 Å². The van der Waals surface area contributed by atoms with Crippen LogP contribution in [0.1, 0.15) is 41.3 Å². The molecule has 9 heteroatoms. The van der Waals surface area contributed by atoms with E-state index in [4.69, 9.17) is 14.2 Å². The first kappa shape index (κ1) is 30.0. The molecule has 0 bridgehead atoms. The highest BCUT2D eigenvalue weighted by atomic mass is 32.2. The highest BCUT2D eigenvalue weighted by Crippen LogP contribution is 2.40. The van der Waals surface area contributed by atoms with Gasteiger partial charge in [-0.3, -0.25) is 4.79 Å². The van der Waals surface area contributed by atoms with Crippen LogP contribution in [0.2, 0.25) is 0 Å². The summed E-state index contributed by atoms with van der Waals surface area (Å²) in [5, 5.41) is 9.97. The van der Waals surface area contributed by atoms with Crippen molar-refractivity contribution in [3.8, 4) is 11.5 Å². The van der Waals surface area contributed by atoms with Crippen molar-refractivity contribution < 1.29 is 37.3 Å². The van der Waals surface area contributed by atoms with Crippen LogP contribution < -0.4 is 9.47 Å². The fraction of sp³-hybridized carbons (Fsp3) is 0.312. The molecular weight excluding hydrogens is 544 g/mol. The predicted molar refractivity (Wildman–Crippen MR) is 154 cm³/mol. The molecule has 0 radical (unpaired) electrons. The van der Waals surface area contributed by atoms with Crippen LogP contribution in [0, 0.1) is 12.8 Å². The summed E-state index contributed by atoms with van der Waals surface area (Å²) in [6.45, 7) is 3.82. The number of aryl methyl sites for hydroxylation is 2. The van der Waals surface area contributed by atoms with E-state index in [2.05, 4.69) is 0 Å². The molecule has 8 nitrogen and oxygen atoms in total. The van der Waals surface area contributed by atoms with Crippen molar-refractivity contribution in [1.82, 2.24) is 0 Å². The lowest BCUT2D eigenvalue weighted by atomic mass is 10.0. The molecule has 3 aromatic rings. The van der Waals surface area contributed by atoms with Gasteiger partial charge in [0.25, 0.3) is 0 Å². The molecule has 3 atom stereocenters. The highest BCUT2D eigenvalue weighted by Gasteiger charge is 2.41. The Labute approximate surface area is 240 Å². The molecule has 3 unspecified atom stereocenters. The van der Waals surface area contributed by atoms with Gasteiger partial charge in [0.1, 0.15) is 5.25 Å². The minimum absolute atomic E-state index is 0.101. The molecule has 41 heavy (non-hydrogen) atoms. The first-order chi connectivity index (χ1) is 19.6. The summed E-state index contributed by atoms with van der Waals surface area (Å²) in [6.07, 6.45) is 1.11. The van der Waals surface area contributed by atoms with Crippen LogP contribution >= 0.6 is 0 Å². The van der Waals surface area contributed by atoms with E-state index in [0.717, 1.165) is 11.1 Å². The van der Waals surface area contributed by atoms with Crippen molar-refractivity contribution in [2.24, 2.45) is 5.92 Å². The number of hydrogen-bond acceptors (Lipinski definition) is 8. The van der Waals surface area contributed by atoms with Crippen LogP contribution in [0.4, 0.5) is 0 Å². The van der Waals surface area contributed by atoms with Crippen LogP contribution in [0.25, 0.3) is 0 Å². The van der Waals surface area contributed by atoms with Gasteiger partial charge in [0.2, 0.25) is 0 Å². The molecule has 1 fully saturated rings. The van der Waals surface area contributed by atoms with Gasteiger partial charge in [-0.25, -0.2) is 13.2 Å². The Morgan fingerprint density at radius 2 is 1.73 bits per heavy atom. The number of hydrogen-bond donors (Lipinski definition) is 1. The molecule has 4 rings (SSSR count). The topological polar surface area (TPSA) is 116 Å². The Bertz CT molecular complexity index is 1510. The average molecular weight is 579 g/mol. The van der Waals surface area contributed by atoms with Crippen LogP contribution in [-0.4, -0.2) is 50.5 Å². The van der Waals surface area contributed by atoms with Crippen molar-refractivity contribution in [2.45, 2.75) is 49.4 Å². The maximum absolute atomic E-state index is 13.6. The van der Waals surface area contributed by atoms with Crippen molar-refractivity contribution in [3.63, 3.8) is 0 Å². The molecular formula is C32H34O8S. The summed E-state index contributed by atoms with van der Waals surface area (Å²) in [5.41, 5.74) is 2.72. The molecule has 0 amide bonds. The number of benzene rings is 3. The Morgan fingerprint density at radius 1 is 1.02 bits per heavy atom. The average Bonchev–Trinajstić information content (AvgIpc) is 3.75. The monoisotopic (exact) mass is 578 g/mol. The van der Waals surface area contributed by atoms with Crippen molar-refractivity contribution in [2.75, 3.05) is 13.7 Å². The first-order valence-electron chi connectivity index (χ1n) is 13.4. The quantitative estimate of drug-likeness (QED) is 0.184. The Hall–Kier alpha value is -3.95.